The van der Waals surface area contributed by atoms with Crippen molar-refractivity contribution in [3.63, 3.8) is 0 Å². The summed E-state index contributed by atoms with van der Waals surface area (Å²) < 4.78 is 16.4. The molecule has 2 bridgehead atoms. The molecule has 2 aromatic rings. The van der Waals surface area contributed by atoms with Gasteiger partial charge in [-0.3, -0.25) is 9.69 Å². The lowest BCUT2D eigenvalue weighted by molar-refractivity contribution is -0.00362. The normalized spacial score (nSPS) is 32.6. The van der Waals surface area contributed by atoms with Crippen LogP contribution in [0.4, 0.5) is 0 Å². The van der Waals surface area contributed by atoms with Gasteiger partial charge < -0.3 is 18.8 Å². The molecule has 28 heavy (non-hydrogen) atoms. The van der Waals surface area contributed by atoms with Crippen molar-refractivity contribution >= 4 is 5.91 Å². The van der Waals surface area contributed by atoms with Crippen molar-refractivity contribution < 1.29 is 18.7 Å². The molecule has 0 spiro atoms. The molecule has 5 aliphatic rings. The number of oxazole rings is 1. The number of ether oxygens (including phenoxy) is 2. The van der Waals surface area contributed by atoms with E-state index in [4.69, 9.17) is 13.9 Å². The number of hydrogen-bond donors (Lipinski definition) is 0. The molecule has 7 rings (SSSR count). The summed E-state index contributed by atoms with van der Waals surface area (Å²) in [6, 6.07) is 6.82. The summed E-state index contributed by atoms with van der Waals surface area (Å²) in [5, 5.41) is 0. The Balaban J connectivity index is 1.39. The molecule has 7 heteroatoms. The number of carbonyl (C=O) groups excluding carboxylic acids is 1. The van der Waals surface area contributed by atoms with Crippen LogP contribution < -0.4 is 9.47 Å². The van der Waals surface area contributed by atoms with E-state index in [0.29, 0.717) is 30.0 Å². The lowest BCUT2D eigenvalue weighted by atomic mass is 9.75. The average molecular weight is 381 g/mol. The van der Waals surface area contributed by atoms with Crippen molar-refractivity contribution in [3.05, 3.63) is 41.6 Å². The second-order valence-corrected chi connectivity index (χ2v) is 8.29. The van der Waals surface area contributed by atoms with Crippen LogP contribution in [0.25, 0.3) is 0 Å². The number of piperidine rings is 3. The maximum atomic E-state index is 13.4. The summed E-state index contributed by atoms with van der Waals surface area (Å²) in [5.41, 5.74) is 1.67. The van der Waals surface area contributed by atoms with Crippen LogP contribution in [0.3, 0.4) is 0 Å². The van der Waals surface area contributed by atoms with Gasteiger partial charge in [0.15, 0.2) is 23.6 Å². The van der Waals surface area contributed by atoms with Gasteiger partial charge in [-0.05, 0) is 56.5 Å². The fourth-order valence-electron chi connectivity index (χ4n) is 5.74. The first-order valence-corrected chi connectivity index (χ1v) is 10.1. The van der Waals surface area contributed by atoms with Gasteiger partial charge in [0.2, 0.25) is 6.79 Å². The van der Waals surface area contributed by atoms with Gasteiger partial charge >= 0.3 is 0 Å². The molecule has 146 valence electrons. The van der Waals surface area contributed by atoms with E-state index in [0.717, 1.165) is 37.4 Å². The van der Waals surface area contributed by atoms with Gasteiger partial charge in [-0.2, -0.15) is 0 Å². The first-order valence-electron chi connectivity index (χ1n) is 10.1. The van der Waals surface area contributed by atoms with Gasteiger partial charge in [-0.1, -0.05) is 6.07 Å². The molecule has 1 amide bonds. The highest BCUT2D eigenvalue weighted by atomic mass is 16.7. The summed E-state index contributed by atoms with van der Waals surface area (Å²) in [6.45, 7) is 5.03. The van der Waals surface area contributed by atoms with Crippen LogP contribution in [-0.2, 0) is 0 Å². The Morgan fingerprint density at radius 1 is 1.14 bits per heavy atom. The SMILES string of the molecule is Cc1ocnc1C(=O)N1C[C@H](c2ccc3c(c2)OCO3)[C@H]2[C@@H]1C1CCN2CC1. The highest BCUT2D eigenvalue weighted by molar-refractivity contribution is 5.93. The van der Waals surface area contributed by atoms with Crippen LogP contribution in [0.2, 0.25) is 0 Å². The van der Waals surface area contributed by atoms with Crippen molar-refractivity contribution in [1.82, 2.24) is 14.8 Å². The number of amides is 1. The van der Waals surface area contributed by atoms with Crippen molar-refractivity contribution in [1.29, 1.82) is 0 Å². The molecule has 1 aromatic heterocycles. The van der Waals surface area contributed by atoms with Crippen LogP contribution in [-0.4, -0.2) is 59.2 Å². The summed E-state index contributed by atoms with van der Waals surface area (Å²) in [7, 11) is 0. The molecule has 0 aliphatic carbocycles. The number of likely N-dealkylation sites (tertiary alicyclic amines) is 1. The largest absolute Gasteiger partial charge is 0.454 e. The minimum atomic E-state index is -0.00163. The van der Waals surface area contributed by atoms with Gasteiger partial charge in [0.05, 0.1) is 6.04 Å². The van der Waals surface area contributed by atoms with Gasteiger partial charge in [0, 0.05) is 18.5 Å². The molecule has 6 heterocycles. The van der Waals surface area contributed by atoms with E-state index in [1.165, 1.54) is 12.0 Å². The summed E-state index contributed by atoms with van der Waals surface area (Å²) in [5.74, 6) is 3.02. The number of benzene rings is 1. The van der Waals surface area contributed by atoms with Crippen molar-refractivity contribution in [2.75, 3.05) is 26.4 Å². The third-order valence-electron chi connectivity index (χ3n) is 7.03. The summed E-state index contributed by atoms with van der Waals surface area (Å²) in [6.07, 6.45) is 3.69. The van der Waals surface area contributed by atoms with E-state index < -0.39 is 0 Å². The Bertz CT molecular complexity index is 933. The highest BCUT2D eigenvalue weighted by Crippen LogP contribution is 2.48. The minimum absolute atomic E-state index is 0.00163. The quantitative estimate of drug-likeness (QED) is 0.796. The predicted octanol–water partition coefficient (Wildman–Crippen LogP) is 2.41. The number of rotatable bonds is 2. The molecule has 1 aromatic carbocycles. The maximum Gasteiger partial charge on any atom is 0.276 e. The molecular weight excluding hydrogens is 358 g/mol. The second kappa shape index (κ2) is 5.98. The second-order valence-electron chi connectivity index (χ2n) is 8.29. The Hall–Kier alpha value is -2.54. The van der Waals surface area contributed by atoms with E-state index in [1.807, 2.05) is 6.07 Å². The standard InChI is InChI=1S/C21H23N3O4/c1-12-18(22-10-26-12)21(25)24-9-15(14-2-3-16-17(8-14)28-11-27-16)20-19(24)13-4-6-23(20)7-5-13/h2-3,8,10,13,15,19-20H,4-7,9,11H2,1H3/t15-,19+,20+/m1/s1. The Kier molecular flexibility index (Phi) is 3.50. The molecule has 0 unspecified atom stereocenters. The zero-order valence-electron chi connectivity index (χ0n) is 15.8. The Morgan fingerprint density at radius 3 is 2.75 bits per heavy atom. The zero-order chi connectivity index (χ0) is 18.8. The first kappa shape index (κ1) is 16.4. The molecule has 5 aliphatic heterocycles. The monoisotopic (exact) mass is 381 g/mol. The minimum Gasteiger partial charge on any atom is -0.454 e. The van der Waals surface area contributed by atoms with Gasteiger partial charge in [-0.15, -0.1) is 0 Å². The fraction of sp³-hybridized carbons (Fsp3) is 0.524. The maximum absolute atomic E-state index is 13.4. The fourth-order valence-corrected chi connectivity index (χ4v) is 5.74. The lowest BCUT2D eigenvalue weighted by Gasteiger charge is -2.51. The third kappa shape index (κ3) is 2.25. The number of aromatic nitrogens is 1. The summed E-state index contributed by atoms with van der Waals surface area (Å²) in [4.78, 5) is 22.2. The lowest BCUT2D eigenvalue weighted by Crippen LogP contribution is -2.60. The predicted molar refractivity (Wildman–Crippen MR) is 99.5 cm³/mol. The molecular formula is C21H23N3O4. The van der Waals surface area contributed by atoms with Crippen molar-refractivity contribution in [2.45, 2.75) is 37.8 Å². The number of aryl methyl sites for hydroxylation is 1. The number of carbonyl (C=O) groups is 1. The molecule has 0 N–H and O–H groups in total. The van der Waals surface area contributed by atoms with Crippen molar-refractivity contribution in [3.8, 4) is 11.5 Å². The zero-order valence-corrected chi connectivity index (χ0v) is 15.8. The van der Waals surface area contributed by atoms with E-state index in [-0.39, 0.29) is 24.7 Å². The van der Waals surface area contributed by atoms with Crippen LogP contribution in [0.15, 0.2) is 29.0 Å². The van der Waals surface area contributed by atoms with Gasteiger partial charge in [0.25, 0.3) is 5.91 Å². The van der Waals surface area contributed by atoms with E-state index in [9.17, 15) is 4.79 Å². The molecule has 0 saturated carbocycles. The van der Waals surface area contributed by atoms with Gasteiger partial charge in [-0.25, -0.2) is 4.98 Å². The molecule has 7 nitrogen and oxygen atoms in total. The molecule has 4 fully saturated rings. The number of nitrogens with zero attached hydrogens (tertiary/aromatic N) is 3. The van der Waals surface area contributed by atoms with E-state index >= 15 is 0 Å². The van der Waals surface area contributed by atoms with Crippen LogP contribution in [0, 0.1) is 12.8 Å². The number of fused-ring (bicyclic) bond motifs is 3. The number of hydrogen-bond acceptors (Lipinski definition) is 6. The van der Waals surface area contributed by atoms with Crippen LogP contribution in [0.5, 0.6) is 11.5 Å². The molecule has 0 radical (unpaired) electrons. The summed E-state index contributed by atoms with van der Waals surface area (Å²) >= 11 is 0. The third-order valence-corrected chi connectivity index (χ3v) is 7.03. The Labute approximate surface area is 163 Å². The molecule has 3 atom stereocenters. The topological polar surface area (TPSA) is 68.0 Å². The van der Waals surface area contributed by atoms with Crippen LogP contribution in [0.1, 0.15) is 40.6 Å². The Morgan fingerprint density at radius 2 is 1.96 bits per heavy atom. The van der Waals surface area contributed by atoms with Crippen molar-refractivity contribution in [2.24, 2.45) is 5.92 Å². The smallest absolute Gasteiger partial charge is 0.276 e. The van der Waals surface area contributed by atoms with Crippen LogP contribution >= 0.6 is 0 Å². The average Bonchev–Trinajstić information content (AvgIpc) is 3.46. The van der Waals surface area contributed by atoms with E-state index in [1.54, 1.807) is 6.92 Å². The highest BCUT2D eigenvalue weighted by Gasteiger charge is 2.55. The van der Waals surface area contributed by atoms with Gasteiger partial charge in [0.1, 0.15) is 5.76 Å². The first-order chi connectivity index (χ1) is 13.7. The van der Waals surface area contributed by atoms with E-state index in [2.05, 4.69) is 26.9 Å². The molecule has 4 saturated heterocycles.